The van der Waals surface area contributed by atoms with Crippen molar-refractivity contribution >= 4 is 5.91 Å². The first-order chi connectivity index (χ1) is 7.74. The maximum Gasteiger partial charge on any atom is 0.239 e. The smallest absolute Gasteiger partial charge is 0.239 e. The van der Waals surface area contributed by atoms with Crippen molar-refractivity contribution in [3.63, 3.8) is 0 Å². The Hall–Kier alpha value is -1.29. The lowest BCUT2D eigenvalue weighted by molar-refractivity contribution is -0.121. The predicted molar refractivity (Wildman–Crippen MR) is 63.2 cm³/mol. The average Bonchev–Trinajstić information content (AvgIpc) is 2.70. The molecular weight excluding hydrogens is 202 g/mol. The number of nitrogens with one attached hydrogen (secondary N) is 2. The Morgan fingerprint density at radius 2 is 2.31 bits per heavy atom. The number of nitrogens with zero attached hydrogens (tertiary/aromatic N) is 1. The van der Waals surface area contributed by atoms with Crippen molar-refractivity contribution in [3.05, 3.63) is 23.5 Å². The average molecular weight is 221 g/mol. The summed E-state index contributed by atoms with van der Waals surface area (Å²) in [7, 11) is 3.66. The van der Waals surface area contributed by atoms with Crippen LogP contribution in [0, 0.1) is 0 Å². The summed E-state index contributed by atoms with van der Waals surface area (Å²) in [6, 6.07) is 0.453. The third kappa shape index (κ3) is 2.11. The minimum absolute atomic E-state index is 0.0494. The van der Waals surface area contributed by atoms with Gasteiger partial charge in [0.05, 0.1) is 0 Å². The highest BCUT2D eigenvalue weighted by Crippen LogP contribution is 2.29. The summed E-state index contributed by atoms with van der Waals surface area (Å²) >= 11 is 0. The van der Waals surface area contributed by atoms with E-state index < -0.39 is 0 Å². The van der Waals surface area contributed by atoms with Gasteiger partial charge < -0.3 is 15.2 Å². The van der Waals surface area contributed by atoms with Crippen molar-refractivity contribution < 1.29 is 4.79 Å². The zero-order chi connectivity index (χ0) is 11.5. The summed E-state index contributed by atoms with van der Waals surface area (Å²) < 4.78 is 1.99. The number of carbonyl (C=O) groups excluding carboxylic acids is 1. The molecule has 1 heterocycles. The van der Waals surface area contributed by atoms with Crippen molar-refractivity contribution in [2.45, 2.75) is 31.8 Å². The monoisotopic (exact) mass is 221 g/mol. The number of amides is 1. The van der Waals surface area contributed by atoms with E-state index in [0.29, 0.717) is 12.6 Å². The largest absolute Gasteiger partial charge is 0.358 e. The van der Waals surface area contributed by atoms with Crippen LogP contribution in [0.2, 0.25) is 0 Å². The van der Waals surface area contributed by atoms with Crippen LogP contribution in [0.4, 0.5) is 0 Å². The predicted octanol–water partition coefficient (Wildman–Crippen LogP) is 0.831. The van der Waals surface area contributed by atoms with Crippen LogP contribution >= 0.6 is 0 Å². The first-order valence-corrected chi connectivity index (χ1v) is 5.81. The molecule has 2 N–H and O–H groups in total. The van der Waals surface area contributed by atoms with E-state index in [1.165, 1.54) is 24.0 Å². The summed E-state index contributed by atoms with van der Waals surface area (Å²) in [4.78, 5) is 11.3. The van der Waals surface area contributed by atoms with Crippen LogP contribution < -0.4 is 10.6 Å². The molecule has 0 spiro atoms. The van der Waals surface area contributed by atoms with Gasteiger partial charge in [-0.1, -0.05) is 0 Å². The molecule has 1 aromatic rings. The van der Waals surface area contributed by atoms with E-state index in [2.05, 4.69) is 23.0 Å². The number of likely N-dealkylation sites (N-methyl/N-ethyl adjacent to an activating group) is 1. The fourth-order valence-electron chi connectivity index (χ4n) is 2.38. The van der Waals surface area contributed by atoms with Crippen LogP contribution in [0.15, 0.2) is 12.4 Å². The van der Waals surface area contributed by atoms with Crippen LogP contribution in [0.1, 0.15) is 30.0 Å². The van der Waals surface area contributed by atoms with Gasteiger partial charge in [-0.15, -0.1) is 0 Å². The van der Waals surface area contributed by atoms with E-state index in [0.717, 1.165) is 6.42 Å². The Bertz CT molecular complexity index is 384. The maximum atomic E-state index is 11.3. The van der Waals surface area contributed by atoms with Crippen molar-refractivity contribution in [2.75, 3.05) is 14.1 Å². The fourth-order valence-corrected chi connectivity index (χ4v) is 2.38. The molecule has 1 atom stereocenters. The Morgan fingerprint density at radius 3 is 3.00 bits per heavy atom. The molecule has 16 heavy (non-hydrogen) atoms. The number of aromatic nitrogens is 1. The molecule has 0 fully saturated rings. The topological polar surface area (TPSA) is 46.1 Å². The Balaban J connectivity index is 2.18. The number of rotatable bonds is 3. The molecule has 1 unspecified atom stereocenters. The molecule has 1 aliphatic rings. The summed E-state index contributed by atoms with van der Waals surface area (Å²) in [5.41, 5.74) is 2.74. The highest BCUT2D eigenvalue weighted by atomic mass is 16.1. The van der Waals surface area contributed by atoms with Crippen LogP contribution in [-0.2, 0) is 17.8 Å². The molecule has 0 bridgehead atoms. The zero-order valence-electron chi connectivity index (χ0n) is 9.92. The van der Waals surface area contributed by atoms with Gasteiger partial charge in [0, 0.05) is 25.5 Å². The summed E-state index contributed by atoms with van der Waals surface area (Å²) in [6.45, 7) is 0.417. The lowest BCUT2D eigenvalue weighted by Gasteiger charge is -2.21. The summed E-state index contributed by atoms with van der Waals surface area (Å²) in [6.07, 6.45) is 7.75. The highest BCUT2D eigenvalue weighted by molar-refractivity contribution is 5.75. The van der Waals surface area contributed by atoms with Gasteiger partial charge in [0.1, 0.15) is 6.54 Å². The maximum absolute atomic E-state index is 11.3. The fraction of sp³-hybridized carbons (Fsp3) is 0.583. The van der Waals surface area contributed by atoms with Crippen LogP contribution in [0.5, 0.6) is 0 Å². The minimum atomic E-state index is 0.0494. The highest BCUT2D eigenvalue weighted by Gasteiger charge is 2.20. The zero-order valence-corrected chi connectivity index (χ0v) is 9.92. The van der Waals surface area contributed by atoms with Gasteiger partial charge in [0.25, 0.3) is 0 Å². The molecule has 1 aromatic heterocycles. The molecule has 4 heteroatoms. The lowest BCUT2D eigenvalue weighted by Crippen LogP contribution is -2.22. The Labute approximate surface area is 96.0 Å². The SMILES string of the molecule is CNC(=O)Cn1cc2c(c1)C(NC)CCC2. The molecule has 88 valence electrons. The second-order valence-corrected chi connectivity index (χ2v) is 4.32. The summed E-state index contributed by atoms with van der Waals surface area (Å²) in [5.74, 6) is 0.0494. The number of hydrogen-bond acceptors (Lipinski definition) is 2. The third-order valence-electron chi connectivity index (χ3n) is 3.27. The third-order valence-corrected chi connectivity index (χ3v) is 3.27. The molecule has 4 nitrogen and oxygen atoms in total. The van der Waals surface area contributed by atoms with Crippen molar-refractivity contribution in [2.24, 2.45) is 0 Å². The van der Waals surface area contributed by atoms with Gasteiger partial charge in [0.2, 0.25) is 5.91 Å². The van der Waals surface area contributed by atoms with Gasteiger partial charge in [-0.2, -0.15) is 0 Å². The molecule has 0 aromatic carbocycles. The van der Waals surface area contributed by atoms with Crippen molar-refractivity contribution in [3.8, 4) is 0 Å². The van der Waals surface area contributed by atoms with E-state index in [4.69, 9.17) is 0 Å². The second kappa shape index (κ2) is 4.70. The van der Waals surface area contributed by atoms with Crippen LogP contribution in [0.25, 0.3) is 0 Å². The standard InChI is InChI=1S/C12H19N3O/c1-13-11-5-3-4-9-6-15(7-10(9)11)8-12(16)14-2/h6-7,11,13H,3-5,8H2,1-2H3,(H,14,16). The molecule has 1 amide bonds. The number of carbonyl (C=O) groups is 1. The summed E-state index contributed by atoms with van der Waals surface area (Å²) in [5, 5.41) is 5.97. The molecule has 0 aliphatic heterocycles. The van der Waals surface area contributed by atoms with Gasteiger partial charge in [-0.3, -0.25) is 4.79 Å². The minimum Gasteiger partial charge on any atom is -0.358 e. The van der Waals surface area contributed by atoms with Gasteiger partial charge >= 0.3 is 0 Å². The van der Waals surface area contributed by atoms with Crippen LogP contribution in [-0.4, -0.2) is 24.6 Å². The molecule has 2 rings (SSSR count). The van der Waals surface area contributed by atoms with Crippen molar-refractivity contribution in [1.82, 2.24) is 15.2 Å². The van der Waals surface area contributed by atoms with E-state index in [1.54, 1.807) is 7.05 Å². The molecule has 0 saturated carbocycles. The number of fused-ring (bicyclic) bond motifs is 1. The van der Waals surface area contributed by atoms with Gasteiger partial charge in [0.15, 0.2) is 0 Å². The molecule has 0 radical (unpaired) electrons. The molecule has 1 aliphatic carbocycles. The van der Waals surface area contributed by atoms with Gasteiger partial charge in [-0.25, -0.2) is 0 Å². The lowest BCUT2D eigenvalue weighted by atomic mass is 9.91. The van der Waals surface area contributed by atoms with E-state index in [1.807, 2.05) is 11.6 Å². The van der Waals surface area contributed by atoms with E-state index in [-0.39, 0.29) is 5.91 Å². The molecule has 0 saturated heterocycles. The number of hydrogen-bond donors (Lipinski definition) is 2. The van der Waals surface area contributed by atoms with Crippen molar-refractivity contribution in [1.29, 1.82) is 0 Å². The number of aryl methyl sites for hydroxylation is 1. The Kier molecular flexibility index (Phi) is 3.29. The normalized spacial score (nSPS) is 19.2. The van der Waals surface area contributed by atoms with Crippen LogP contribution in [0.3, 0.4) is 0 Å². The van der Waals surface area contributed by atoms with Gasteiger partial charge in [-0.05, 0) is 37.4 Å². The van der Waals surface area contributed by atoms with E-state index >= 15 is 0 Å². The molecular formula is C12H19N3O. The van der Waals surface area contributed by atoms with E-state index in [9.17, 15) is 4.79 Å². The first-order valence-electron chi connectivity index (χ1n) is 5.81. The second-order valence-electron chi connectivity index (χ2n) is 4.32. The Morgan fingerprint density at radius 1 is 1.50 bits per heavy atom. The quantitative estimate of drug-likeness (QED) is 0.794. The first kappa shape index (κ1) is 11.2.